The normalized spacial score (nSPS) is 15.1. The number of benzene rings is 6. The van der Waals surface area contributed by atoms with E-state index >= 15 is 0 Å². The van der Waals surface area contributed by atoms with Crippen LogP contribution in [0.5, 0.6) is 0 Å². The van der Waals surface area contributed by atoms with E-state index in [1.807, 2.05) is 0 Å². The predicted molar refractivity (Wildman–Crippen MR) is 159 cm³/mol. The molecule has 0 N–H and O–H groups in total. The van der Waals surface area contributed by atoms with Crippen molar-refractivity contribution in [3.8, 4) is 22.3 Å². The summed E-state index contributed by atoms with van der Waals surface area (Å²) >= 11 is 0. The predicted octanol–water partition coefficient (Wildman–Crippen LogP) is 9.77. The molecule has 6 aromatic rings. The maximum Gasteiger partial charge on any atom is 0.119 e. The summed E-state index contributed by atoms with van der Waals surface area (Å²) in [5, 5.41) is 5.09. The van der Waals surface area contributed by atoms with Gasteiger partial charge in [-0.05, 0) is 74.2 Å². The molecule has 1 saturated heterocycles. The monoisotopic (exact) mass is 490 g/mol. The maximum absolute atomic E-state index is 6.95. The van der Waals surface area contributed by atoms with Gasteiger partial charge < -0.3 is 4.74 Å². The molecule has 0 radical (unpaired) electrons. The van der Waals surface area contributed by atoms with Crippen molar-refractivity contribution in [2.24, 2.45) is 0 Å². The number of hydrogen-bond acceptors (Lipinski definition) is 1. The van der Waals surface area contributed by atoms with E-state index in [1.165, 1.54) is 54.9 Å². The summed E-state index contributed by atoms with van der Waals surface area (Å²) in [6.07, 6.45) is 3.21. The maximum atomic E-state index is 6.95. The summed E-state index contributed by atoms with van der Waals surface area (Å²) in [6.45, 7) is 0.767. The molecular weight excluding hydrogens is 460 g/mol. The lowest BCUT2D eigenvalue weighted by molar-refractivity contribution is -0.0513. The smallest absolute Gasteiger partial charge is 0.119 e. The van der Waals surface area contributed by atoms with Crippen molar-refractivity contribution >= 4 is 21.5 Å². The Morgan fingerprint density at radius 2 is 0.868 bits per heavy atom. The quantitative estimate of drug-likeness (QED) is 0.239. The van der Waals surface area contributed by atoms with Crippen molar-refractivity contribution in [3.63, 3.8) is 0 Å². The molecule has 0 saturated carbocycles. The van der Waals surface area contributed by atoms with Gasteiger partial charge in [0.25, 0.3) is 0 Å². The summed E-state index contributed by atoms with van der Waals surface area (Å²) in [5.74, 6) is 0. The molecule has 0 aromatic heterocycles. The van der Waals surface area contributed by atoms with Gasteiger partial charge in [-0.15, -0.1) is 0 Å². The third kappa shape index (κ3) is 3.74. The van der Waals surface area contributed by atoms with Crippen LogP contribution in [0.1, 0.15) is 30.4 Å². The Hall–Kier alpha value is -4.20. The third-order valence-corrected chi connectivity index (χ3v) is 8.16. The second kappa shape index (κ2) is 9.59. The molecule has 1 heterocycles. The molecular formula is C37H30O. The fourth-order valence-corrected chi connectivity index (χ4v) is 6.41. The summed E-state index contributed by atoms with van der Waals surface area (Å²) < 4.78 is 6.95. The van der Waals surface area contributed by atoms with Gasteiger partial charge in [0.05, 0.1) is 0 Å². The fraction of sp³-hybridized carbons (Fsp3) is 0.135. The second-order valence-electron chi connectivity index (χ2n) is 10.3. The Kier molecular flexibility index (Phi) is 5.80. The van der Waals surface area contributed by atoms with Crippen molar-refractivity contribution in [3.05, 3.63) is 145 Å². The van der Waals surface area contributed by atoms with Crippen molar-refractivity contribution in [1.82, 2.24) is 0 Å². The summed E-state index contributed by atoms with van der Waals surface area (Å²) in [6, 6.07) is 48.4. The molecule has 0 atom stereocenters. The molecule has 1 aliphatic rings. The van der Waals surface area contributed by atoms with Gasteiger partial charge in [-0.25, -0.2) is 0 Å². The molecule has 0 bridgehead atoms. The van der Waals surface area contributed by atoms with Crippen LogP contribution in [0.15, 0.2) is 133 Å². The van der Waals surface area contributed by atoms with E-state index < -0.39 is 5.60 Å². The zero-order valence-electron chi connectivity index (χ0n) is 21.4. The van der Waals surface area contributed by atoms with Crippen LogP contribution in [-0.2, 0) is 10.3 Å². The highest BCUT2D eigenvalue weighted by Crippen LogP contribution is 2.48. The molecule has 7 rings (SSSR count). The minimum atomic E-state index is -0.498. The second-order valence-corrected chi connectivity index (χ2v) is 10.3. The lowest BCUT2D eigenvalue weighted by atomic mass is 9.75. The SMILES string of the molecule is c1ccc(-c2ccc(C3(c4ccc(-c5ccccc5)c5ccccc45)CCCCO3)c3ccccc23)cc1. The molecule has 184 valence electrons. The molecule has 38 heavy (non-hydrogen) atoms. The Labute approximate surface area is 224 Å². The first-order chi connectivity index (χ1) is 18.9. The third-order valence-electron chi connectivity index (χ3n) is 8.16. The summed E-state index contributed by atoms with van der Waals surface area (Å²) in [7, 11) is 0. The Bertz CT molecular complexity index is 1600. The first-order valence-electron chi connectivity index (χ1n) is 13.6. The van der Waals surface area contributed by atoms with Crippen molar-refractivity contribution < 1.29 is 4.74 Å². The van der Waals surface area contributed by atoms with Crippen LogP contribution in [0.3, 0.4) is 0 Å². The van der Waals surface area contributed by atoms with Crippen molar-refractivity contribution in [2.75, 3.05) is 6.61 Å². The fourth-order valence-electron chi connectivity index (χ4n) is 6.41. The highest BCUT2D eigenvalue weighted by molar-refractivity contribution is 6.02. The average molecular weight is 491 g/mol. The van der Waals surface area contributed by atoms with Crippen LogP contribution in [0.25, 0.3) is 43.8 Å². The Morgan fingerprint density at radius 3 is 1.32 bits per heavy atom. The van der Waals surface area contributed by atoms with Gasteiger partial charge >= 0.3 is 0 Å². The van der Waals surface area contributed by atoms with Crippen LogP contribution in [-0.4, -0.2) is 6.61 Å². The zero-order chi connectivity index (χ0) is 25.4. The van der Waals surface area contributed by atoms with E-state index in [9.17, 15) is 0 Å². The van der Waals surface area contributed by atoms with Crippen molar-refractivity contribution in [1.29, 1.82) is 0 Å². The van der Waals surface area contributed by atoms with E-state index in [2.05, 4.69) is 133 Å². The molecule has 1 nitrogen and oxygen atoms in total. The van der Waals surface area contributed by atoms with Gasteiger partial charge in [-0.1, -0.05) is 133 Å². The molecule has 6 aromatic carbocycles. The summed E-state index contributed by atoms with van der Waals surface area (Å²) in [4.78, 5) is 0. The molecule has 0 unspecified atom stereocenters. The van der Waals surface area contributed by atoms with Crippen LogP contribution < -0.4 is 0 Å². The van der Waals surface area contributed by atoms with E-state index in [-0.39, 0.29) is 0 Å². The number of rotatable bonds is 4. The van der Waals surface area contributed by atoms with Crippen molar-refractivity contribution in [2.45, 2.75) is 24.9 Å². The van der Waals surface area contributed by atoms with E-state index in [4.69, 9.17) is 4.74 Å². The van der Waals surface area contributed by atoms with Gasteiger partial charge in [0.15, 0.2) is 0 Å². The molecule has 1 aliphatic heterocycles. The number of fused-ring (bicyclic) bond motifs is 2. The lowest BCUT2D eigenvalue weighted by Gasteiger charge is -2.40. The number of ether oxygens (including phenoxy) is 1. The van der Waals surface area contributed by atoms with E-state index in [1.54, 1.807) is 0 Å². The van der Waals surface area contributed by atoms with E-state index in [0.717, 1.165) is 25.9 Å². The van der Waals surface area contributed by atoms with Gasteiger partial charge in [0.1, 0.15) is 5.60 Å². The summed E-state index contributed by atoms with van der Waals surface area (Å²) in [5.41, 5.74) is 7.05. The molecule has 1 fully saturated rings. The average Bonchev–Trinajstić information content (AvgIpc) is 3.01. The number of hydrogen-bond donors (Lipinski definition) is 0. The largest absolute Gasteiger partial charge is 0.365 e. The lowest BCUT2D eigenvalue weighted by Crippen LogP contribution is -2.35. The van der Waals surface area contributed by atoms with Gasteiger partial charge in [-0.2, -0.15) is 0 Å². The Morgan fingerprint density at radius 1 is 0.421 bits per heavy atom. The molecule has 0 amide bonds. The standard InChI is InChI=1S/C37H30O/c1-3-13-27(14-4-1)29-21-23-35(33-19-9-7-17-31(29)33)37(25-11-12-26-38-37)36-24-22-30(28-15-5-2-6-16-28)32-18-8-10-20-34(32)36/h1-10,13-24H,11-12,25-26H2. The molecule has 1 heteroatoms. The first-order valence-corrected chi connectivity index (χ1v) is 13.6. The zero-order valence-corrected chi connectivity index (χ0v) is 21.4. The van der Waals surface area contributed by atoms with E-state index in [0.29, 0.717) is 0 Å². The molecule has 0 aliphatic carbocycles. The van der Waals surface area contributed by atoms with Gasteiger partial charge in [0, 0.05) is 6.61 Å². The van der Waals surface area contributed by atoms with Crippen LogP contribution in [0.2, 0.25) is 0 Å². The molecule has 0 spiro atoms. The van der Waals surface area contributed by atoms with Crippen LogP contribution in [0, 0.1) is 0 Å². The van der Waals surface area contributed by atoms with Crippen LogP contribution in [0.4, 0.5) is 0 Å². The first kappa shape index (κ1) is 23.0. The topological polar surface area (TPSA) is 9.23 Å². The Balaban J connectivity index is 1.50. The van der Waals surface area contributed by atoms with Gasteiger partial charge in [-0.3, -0.25) is 0 Å². The van der Waals surface area contributed by atoms with Crippen LogP contribution >= 0.6 is 0 Å². The highest BCUT2D eigenvalue weighted by atomic mass is 16.5. The minimum absolute atomic E-state index is 0.498. The highest BCUT2D eigenvalue weighted by Gasteiger charge is 2.40. The van der Waals surface area contributed by atoms with Gasteiger partial charge in [0.2, 0.25) is 0 Å². The minimum Gasteiger partial charge on any atom is -0.365 e.